The van der Waals surface area contributed by atoms with Crippen molar-refractivity contribution >= 4 is 28.6 Å². The molecule has 72 valence electrons. The lowest BCUT2D eigenvalue weighted by atomic mass is 10.3. The van der Waals surface area contributed by atoms with E-state index >= 15 is 0 Å². The van der Waals surface area contributed by atoms with Crippen LogP contribution in [-0.2, 0) is 4.79 Å². The maximum absolute atomic E-state index is 10.9. The van der Waals surface area contributed by atoms with Crippen molar-refractivity contribution in [2.75, 3.05) is 11.9 Å². The second kappa shape index (κ2) is 3.26. The fourth-order valence-corrected chi connectivity index (χ4v) is 1.18. The van der Waals surface area contributed by atoms with Crippen LogP contribution in [0.15, 0.2) is 12.1 Å². The molecule has 2 heterocycles. The molecule has 1 aliphatic heterocycles. The van der Waals surface area contributed by atoms with Crippen LogP contribution >= 0.6 is 11.6 Å². The van der Waals surface area contributed by atoms with E-state index in [0.717, 1.165) is 0 Å². The molecule has 0 radical (unpaired) electrons. The van der Waals surface area contributed by atoms with Crippen molar-refractivity contribution in [1.29, 1.82) is 0 Å². The Kier molecular flexibility index (Phi) is 2.09. The van der Waals surface area contributed by atoms with Crippen molar-refractivity contribution in [1.82, 2.24) is 4.98 Å². The topological polar surface area (TPSA) is 68.3 Å². The van der Waals surface area contributed by atoms with Crippen molar-refractivity contribution in [3.8, 4) is 5.75 Å². The molecular weight excluding hydrogens is 208 g/mol. The van der Waals surface area contributed by atoms with Crippen molar-refractivity contribution < 1.29 is 14.3 Å². The highest BCUT2D eigenvalue weighted by Gasteiger charge is 2.18. The third-order valence-electron chi connectivity index (χ3n) is 1.68. The first-order chi connectivity index (χ1) is 6.66. The second-order valence-corrected chi connectivity index (χ2v) is 3.00. The summed E-state index contributed by atoms with van der Waals surface area (Å²) in [6.07, 6.45) is 0. The number of amides is 1. The maximum atomic E-state index is 10.9. The Morgan fingerprint density at radius 1 is 1.57 bits per heavy atom. The fourth-order valence-electron chi connectivity index (χ4n) is 1.07. The van der Waals surface area contributed by atoms with Crippen LogP contribution in [0.1, 0.15) is 10.5 Å². The predicted octanol–water partition coefficient (Wildman–Crippen LogP) is 0.791. The highest BCUT2D eigenvalue weighted by molar-refractivity contribution is 6.67. The SMILES string of the molecule is O=C1COc2ccc(C(=O)Cl)nc2N1. The van der Waals surface area contributed by atoms with Crippen LogP contribution in [0.2, 0.25) is 0 Å². The van der Waals surface area contributed by atoms with E-state index in [0.29, 0.717) is 5.75 Å². The first-order valence-corrected chi connectivity index (χ1v) is 4.18. The lowest BCUT2D eigenvalue weighted by molar-refractivity contribution is -0.118. The molecular formula is C8H5ClN2O3. The van der Waals surface area contributed by atoms with E-state index in [2.05, 4.69) is 10.3 Å². The van der Waals surface area contributed by atoms with Crippen LogP contribution in [0.5, 0.6) is 5.75 Å². The molecule has 1 aromatic heterocycles. The van der Waals surface area contributed by atoms with Crippen molar-refractivity contribution in [2.24, 2.45) is 0 Å². The van der Waals surface area contributed by atoms with Crippen LogP contribution in [0.3, 0.4) is 0 Å². The van der Waals surface area contributed by atoms with E-state index in [-0.39, 0.29) is 24.0 Å². The number of rotatable bonds is 1. The monoisotopic (exact) mass is 212 g/mol. The molecule has 1 N–H and O–H groups in total. The van der Waals surface area contributed by atoms with Gasteiger partial charge in [0.2, 0.25) is 0 Å². The zero-order valence-corrected chi connectivity index (χ0v) is 7.67. The third kappa shape index (κ3) is 1.54. The molecule has 0 aromatic carbocycles. The number of carbonyl (C=O) groups excluding carboxylic acids is 2. The minimum Gasteiger partial charge on any atom is -0.480 e. The number of halogens is 1. The summed E-state index contributed by atoms with van der Waals surface area (Å²) in [5.41, 5.74) is 0.0798. The third-order valence-corrected chi connectivity index (χ3v) is 1.87. The van der Waals surface area contributed by atoms with Crippen LogP contribution < -0.4 is 10.1 Å². The first-order valence-electron chi connectivity index (χ1n) is 3.80. The van der Waals surface area contributed by atoms with E-state index in [4.69, 9.17) is 16.3 Å². The molecule has 0 spiro atoms. The summed E-state index contributed by atoms with van der Waals surface area (Å²) >= 11 is 5.23. The Hall–Kier alpha value is -1.62. The number of ether oxygens (including phenoxy) is 1. The summed E-state index contributed by atoms with van der Waals surface area (Å²) in [6.45, 7) is -0.0388. The number of nitrogens with one attached hydrogen (secondary N) is 1. The minimum atomic E-state index is -0.673. The van der Waals surface area contributed by atoms with E-state index in [1.165, 1.54) is 12.1 Å². The molecule has 0 saturated heterocycles. The van der Waals surface area contributed by atoms with Gasteiger partial charge in [0.05, 0.1) is 0 Å². The molecule has 6 heteroatoms. The van der Waals surface area contributed by atoms with Gasteiger partial charge in [-0.15, -0.1) is 0 Å². The van der Waals surface area contributed by atoms with Gasteiger partial charge in [0, 0.05) is 0 Å². The Bertz CT molecular complexity index is 419. The number of carbonyl (C=O) groups is 2. The number of nitrogens with zero attached hydrogens (tertiary/aromatic N) is 1. The fraction of sp³-hybridized carbons (Fsp3) is 0.125. The molecule has 0 unspecified atom stereocenters. The van der Waals surface area contributed by atoms with E-state index in [9.17, 15) is 9.59 Å². The summed E-state index contributed by atoms with van der Waals surface area (Å²) in [6, 6.07) is 2.98. The van der Waals surface area contributed by atoms with Gasteiger partial charge in [-0.25, -0.2) is 4.98 Å². The average molecular weight is 213 g/mol. The summed E-state index contributed by atoms with van der Waals surface area (Å²) in [7, 11) is 0. The lowest BCUT2D eigenvalue weighted by Crippen LogP contribution is -2.26. The van der Waals surface area contributed by atoms with Gasteiger partial charge >= 0.3 is 0 Å². The number of hydrogen-bond donors (Lipinski definition) is 1. The molecule has 0 fully saturated rings. The maximum Gasteiger partial charge on any atom is 0.270 e. The molecule has 1 aliphatic rings. The van der Waals surface area contributed by atoms with Gasteiger partial charge in [0.25, 0.3) is 11.1 Å². The summed E-state index contributed by atoms with van der Waals surface area (Å²) < 4.78 is 5.04. The van der Waals surface area contributed by atoms with E-state index in [1.54, 1.807) is 0 Å². The molecule has 0 bridgehead atoms. The van der Waals surface area contributed by atoms with Gasteiger partial charge < -0.3 is 10.1 Å². The Balaban J connectivity index is 2.42. The molecule has 0 saturated carbocycles. The van der Waals surface area contributed by atoms with Gasteiger partial charge in [-0.05, 0) is 23.7 Å². The first kappa shape index (κ1) is 8.96. The number of pyridine rings is 1. The minimum absolute atomic E-state index is 0.0388. The molecule has 2 rings (SSSR count). The van der Waals surface area contributed by atoms with Gasteiger partial charge in [-0.3, -0.25) is 9.59 Å². The molecule has 0 atom stereocenters. The van der Waals surface area contributed by atoms with Gasteiger partial charge in [-0.1, -0.05) is 0 Å². The van der Waals surface area contributed by atoms with E-state index in [1.807, 2.05) is 0 Å². The Morgan fingerprint density at radius 2 is 2.36 bits per heavy atom. The van der Waals surface area contributed by atoms with Crippen LogP contribution in [0, 0.1) is 0 Å². The quantitative estimate of drug-likeness (QED) is 0.699. The molecule has 0 aliphatic carbocycles. The highest BCUT2D eigenvalue weighted by atomic mass is 35.5. The zero-order chi connectivity index (χ0) is 10.1. The number of anilines is 1. The molecule has 5 nitrogen and oxygen atoms in total. The van der Waals surface area contributed by atoms with E-state index < -0.39 is 5.24 Å². The average Bonchev–Trinajstić information content (AvgIpc) is 2.16. The lowest BCUT2D eigenvalue weighted by Gasteiger charge is -2.16. The summed E-state index contributed by atoms with van der Waals surface area (Å²) in [4.78, 5) is 25.5. The Labute approximate surface area is 84.0 Å². The molecule has 14 heavy (non-hydrogen) atoms. The number of hydrogen-bond acceptors (Lipinski definition) is 4. The normalized spacial score (nSPS) is 13.9. The predicted molar refractivity (Wildman–Crippen MR) is 48.5 cm³/mol. The highest BCUT2D eigenvalue weighted by Crippen LogP contribution is 2.25. The van der Waals surface area contributed by atoms with Crippen molar-refractivity contribution in [3.63, 3.8) is 0 Å². The smallest absolute Gasteiger partial charge is 0.270 e. The van der Waals surface area contributed by atoms with Gasteiger partial charge in [0.15, 0.2) is 18.2 Å². The number of fused-ring (bicyclic) bond motifs is 1. The molecule has 1 amide bonds. The standard InChI is InChI=1S/C8H5ClN2O3/c9-7(13)4-1-2-5-8(10-4)11-6(12)3-14-5/h1-2H,3H2,(H,10,11,12). The number of aromatic nitrogens is 1. The largest absolute Gasteiger partial charge is 0.480 e. The van der Waals surface area contributed by atoms with Gasteiger partial charge in [0.1, 0.15) is 5.69 Å². The summed E-state index contributed by atoms with van der Waals surface area (Å²) in [5, 5.41) is 1.80. The van der Waals surface area contributed by atoms with Crippen LogP contribution in [0.25, 0.3) is 0 Å². The van der Waals surface area contributed by atoms with Crippen LogP contribution in [-0.4, -0.2) is 22.7 Å². The summed E-state index contributed by atoms with van der Waals surface area (Å²) in [5.74, 6) is 0.364. The molecule has 1 aromatic rings. The van der Waals surface area contributed by atoms with Crippen molar-refractivity contribution in [3.05, 3.63) is 17.8 Å². The zero-order valence-electron chi connectivity index (χ0n) is 6.91. The van der Waals surface area contributed by atoms with Gasteiger partial charge in [-0.2, -0.15) is 0 Å². The Morgan fingerprint density at radius 3 is 3.07 bits per heavy atom. The second-order valence-electron chi connectivity index (χ2n) is 2.65. The van der Waals surface area contributed by atoms with Crippen molar-refractivity contribution in [2.45, 2.75) is 0 Å². The van der Waals surface area contributed by atoms with Crippen LogP contribution in [0.4, 0.5) is 5.82 Å².